The SMILES string of the molecule is CCc1ccc(NC(=O)OCCN(C)C(=O)CCc2ccccc2C(F)(F)F)cc1. The van der Waals surface area contributed by atoms with Crippen molar-refractivity contribution >= 4 is 17.7 Å². The first-order chi connectivity index (χ1) is 14.2. The maximum Gasteiger partial charge on any atom is 0.416 e. The number of hydrogen-bond donors (Lipinski definition) is 1. The number of carbonyl (C=O) groups excluding carboxylic acids is 2. The summed E-state index contributed by atoms with van der Waals surface area (Å²) in [6.07, 6.45) is -4.29. The molecule has 0 radical (unpaired) electrons. The van der Waals surface area contributed by atoms with E-state index in [9.17, 15) is 22.8 Å². The first kappa shape index (κ1) is 23.3. The van der Waals surface area contributed by atoms with E-state index < -0.39 is 17.8 Å². The first-order valence-corrected chi connectivity index (χ1v) is 9.62. The normalized spacial score (nSPS) is 11.1. The molecule has 1 N–H and O–H groups in total. The molecule has 0 fully saturated rings. The van der Waals surface area contributed by atoms with Crippen molar-refractivity contribution in [1.82, 2.24) is 4.90 Å². The van der Waals surface area contributed by atoms with Crippen LogP contribution in [0.1, 0.15) is 30.0 Å². The maximum absolute atomic E-state index is 13.0. The molecule has 5 nitrogen and oxygen atoms in total. The van der Waals surface area contributed by atoms with Crippen molar-refractivity contribution < 1.29 is 27.5 Å². The second-order valence-corrected chi connectivity index (χ2v) is 6.78. The van der Waals surface area contributed by atoms with Gasteiger partial charge in [-0.05, 0) is 42.2 Å². The van der Waals surface area contributed by atoms with Crippen molar-refractivity contribution in [2.45, 2.75) is 32.4 Å². The zero-order valence-electron chi connectivity index (χ0n) is 17.0. The minimum Gasteiger partial charge on any atom is -0.447 e. The molecule has 0 bridgehead atoms. The smallest absolute Gasteiger partial charge is 0.416 e. The van der Waals surface area contributed by atoms with E-state index in [0.29, 0.717) is 5.69 Å². The number of halogens is 3. The van der Waals surface area contributed by atoms with Crippen molar-refractivity contribution in [3.05, 3.63) is 65.2 Å². The van der Waals surface area contributed by atoms with E-state index in [1.54, 1.807) is 12.1 Å². The standard InChI is InChI=1S/C22H25F3N2O3/c1-3-16-8-11-18(12-9-16)26-21(29)30-15-14-27(2)20(28)13-10-17-6-4-5-7-19(17)22(23,24)25/h4-9,11-12H,3,10,13-15H2,1-2H3,(H,26,29). The van der Waals surface area contributed by atoms with Gasteiger partial charge in [0.15, 0.2) is 0 Å². The lowest BCUT2D eigenvalue weighted by Gasteiger charge is -2.18. The number of amides is 2. The third kappa shape index (κ3) is 7.09. The number of likely N-dealkylation sites (N-methyl/N-ethyl adjacent to an activating group) is 1. The molecule has 0 heterocycles. The highest BCUT2D eigenvalue weighted by Gasteiger charge is 2.32. The molecule has 30 heavy (non-hydrogen) atoms. The maximum atomic E-state index is 13.0. The van der Waals surface area contributed by atoms with Crippen LogP contribution in [0.25, 0.3) is 0 Å². The van der Waals surface area contributed by atoms with Crippen LogP contribution >= 0.6 is 0 Å². The second-order valence-electron chi connectivity index (χ2n) is 6.78. The number of anilines is 1. The molecule has 0 atom stereocenters. The number of nitrogens with zero attached hydrogens (tertiary/aromatic N) is 1. The molecule has 2 amide bonds. The number of hydrogen-bond acceptors (Lipinski definition) is 3. The van der Waals surface area contributed by atoms with E-state index in [2.05, 4.69) is 5.32 Å². The van der Waals surface area contributed by atoms with Crippen LogP contribution in [-0.4, -0.2) is 37.1 Å². The number of alkyl halides is 3. The Labute approximate surface area is 173 Å². The van der Waals surface area contributed by atoms with Crippen molar-refractivity contribution in [3.63, 3.8) is 0 Å². The Morgan fingerprint density at radius 1 is 1.07 bits per heavy atom. The van der Waals surface area contributed by atoms with E-state index in [1.165, 1.54) is 30.1 Å². The van der Waals surface area contributed by atoms with Gasteiger partial charge in [0.1, 0.15) is 6.61 Å². The van der Waals surface area contributed by atoms with Gasteiger partial charge in [-0.1, -0.05) is 37.3 Å². The molecule has 0 saturated heterocycles. The fraction of sp³-hybridized carbons (Fsp3) is 0.364. The lowest BCUT2D eigenvalue weighted by Crippen LogP contribution is -2.31. The molecule has 2 rings (SSSR count). The summed E-state index contributed by atoms with van der Waals surface area (Å²) in [5, 5.41) is 2.59. The fourth-order valence-electron chi connectivity index (χ4n) is 2.83. The van der Waals surface area contributed by atoms with Crippen LogP contribution in [0, 0.1) is 0 Å². The topological polar surface area (TPSA) is 58.6 Å². The number of benzene rings is 2. The Hall–Kier alpha value is -3.03. The fourth-order valence-corrected chi connectivity index (χ4v) is 2.83. The summed E-state index contributed by atoms with van der Waals surface area (Å²) in [5.41, 5.74) is 1.10. The van der Waals surface area contributed by atoms with Gasteiger partial charge in [0.05, 0.1) is 12.1 Å². The van der Waals surface area contributed by atoms with E-state index in [-0.39, 0.29) is 37.5 Å². The molecule has 0 saturated carbocycles. The number of carbonyl (C=O) groups is 2. The highest BCUT2D eigenvalue weighted by molar-refractivity contribution is 5.84. The van der Waals surface area contributed by atoms with Gasteiger partial charge in [0, 0.05) is 19.2 Å². The van der Waals surface area contributed by atoms with E-state index in [4.69, 9.17) is 4.74 Å². The van der Waals surface area contributed by atoms with E-state index >= 15 is 0 Å². The zero-order valence-corrected chi connectivity index (χ0v) is 17.0. The van der Waals surface area contributed by atoms with Crippen LogP contribution in [0.3, 0.4) is 0 Å². The van der Waals surface area contributed by atoms with Crippen molar-refractivity contribution in [2.75, 3.05) is 25.5 Å². The Balaban J connectivity index is 1.75. The second kappa shape index (κ2) is 10.7. The van der Waals surface area contributed by atoms with Gasteiger partial charge in [0.25, 0.3) is 0 Å². The number of ether oxygens (including phenoxy) is 1. The monoisotopic (exact) mass is 422 g/mol. The predicted molar refractivity (Wildman–Crippen MR) is 108 cm³/mol. The van der Waals surface area contributed by atoms with Gasteiger partial charge >= 0.3 is 12.3 Å². The van der Waals surface area contributed by atoms with Gasteiger partial charge in [-0.25, -0.2) is 4.79 Å². The summed E-state index contributed by atoms with van der Waals surface area (Å²) >= 11 is 0. The minimum atomic E-state index is -4.45. The van der Waals surface area contributed by atoms with Gasteiger partial charge in [-0.2, -0.15) is 13.2 Å². The molecular weight excluding hydrogens is 397 g/mol. The third-order valence-corrected chi connectivity index (χ3v) is 4.63. The summed E-state index contributed by atoms with van der Waals surface area (Å²) in [5.74, 6) is -0.328. The molecule has 2 aromatic carbocycles. The molecule has 162 valence electrons. The third-order valence-electron chi connectivity index (χ3n) is 4.63. The average Bonchev–Trinajstić information content (AvgIpc) is 2.72. The number of nitrogens with one attached hydrogen (secondary N) is 1. The highest BCUT2D eigenvalue weighted by atomic mass is 19.4. The molecule has 0 aliphatic carbocycles. The van der Waals surface area contributed by atoms with E-state index in [0.717, 1.165) is 18.1 Å². The molecule has 0 spiro atoms. The largest absolute Gasteiger partial charge is 0.447 e. The lowest BCUT2D eigenvalue weighted by molar-refractivity contribution is -0.138. The van der Waals surface area contributed by atoms with Crippen LogP contribution in [-0.2, 0) is 28.5 Å². The van der Waals surface area contributed by atoms with Crippen molar-refractivity contribution in [3.8, 4) is 0 Å². The Morgan fingerprint density at radius 3 is 2.37 bits per heavy atom. The highest BCUT2D eigenvalue weighted by Crippen LogP contribution is 2.32. The predicted octanol–water partition coefficient (Wildman–Crippen LogP) is 4.91. The van der Waals surface area contributed by atoms with Crippen LogP contribution in [0.5, 0.6) is 0 Å². The zero-order chi connectivity index (χ0) is 22.1. The number of aryl methyl sites for hydroxylation is 2. The molecule has 0 aliphatic heterocycles. The summed E-state index contributed by atoms with van der Waals surface area (Å²) in [4.78, 5) is 25.3. The van der Waals surface area contributed by atoms with Gasteiger partial charge in [0.2, 0.25) is 5.91 Å². The Morgan fingerprint density at radius 2 is 1.73 bits per heavy atom. The molecule has 8 heteroatoms. The minimum absolute atomic E-state index is 0.0199. The summed E-state index contributed by atoms with van der Waals surface area (Å²) in [6, 6.07) is 12.6. The van der Waals surface area contributed by atoms with Crippen LogP contribution in [0.2, 0.25) is 0 Å². The molecule has 0 unspecified atom stereocenters. The van der Waals surface area contributed by atoms with Gasteiger partial charge in [-0.3, -0.25) is 10.1 Å². The van der Waals surface area contributed by atoms with Gasteiger partial charge in [-0.15, -0.1) is 0 Å². The van der Waals surface area contributed by atoms with E-state index in [1.807, 2.05) is 19.1 Å². The summed E-state index contributed by atoms with van der Waals surface area (Å²) in [6.45, 7) is 2.14. The molecular formula is C22H25F3N2O3. The van der Waals surface area contributed by atoms with Crippen LogP contribution in [0.4, 0.5) is 23.7 Å². The average molecular weight is 422 g/mol. The summed E-state index contributed by atoms with van der Waals surface area (Å²) < 4.78 is 44.1. The number of rotatable bonds is 8. The van der Waals surface area contributed by atoms with Crippen molar-refractivity contribution in [1.29, 1.82) is 0 Å². The molecule has 2 aromatic rings. The first-order valence-electron chi connectivity index (χ1n) is 9.62. The molecule has 0 aliphatic rings. The quantitative estimate of drug-likeness (QED) is 0.658. The van der Waals surface area contributed by atoms with Gasteiger partial charge < -0.3 is 9.64 Å². The Kier molecular flexibility index (Phi) is 8.26. The van der Waals surface area contributed by atoms with Crippen molar-refractivity contribution in [2.24, 2.45) is 0 Å². The Bertz CT molecular complexity index is 851. The lowest BCUT2D eigenvalue weighted by atomic mass is 10.0. The summed E-state index contributed by atoms with van der Waals surface area (Å²) in [7, 11) is 1.52. The van der Waals surface area contributed by atoms with Crippen LogP contribution < -0.4 is 5.32 Å². The van der Waals surface area contributed by atoms with Crippen LogP contribution in [0.15, 0.2) is 48.5 Å². The molecule has 0 aromatic heterocycles.